The van der Waals surface area contributed by atoms with Gasteiger partial charge >= 0.3 is 0 Å². The van der Waals surface area contributed by atoms with Crippen molar-refractivity contribution in [3.05, 3.63) is 54.4 Å². The molecule has 0 saturated carbocycles. The molecule has 3 rings (SSSR count). The fourth-order valence-electron chi connectivity index (χ4n) is 2.50. The molecule has 1 aromatic carbocycles. The molecule has 0 atom stereocenters. The number of carbonyl (C=O) groups is 2. The highest BCUT2D eigenvalue weighted by molar-refractivity contribution is 5.94. The molecule has 0 aliphatic rings. The zero-order valence-electron chi connectivity index (χ0n) is 15.7. The van der Waals surface area contributed by atoms with Crippen LogP contribution in [0.3, 0.4) is 0 Å². The molecule has 2 heterocycles. The van der Waals surface area contributed by atoms with Crippen LogP contribution in [-0.4, -0.2) is 44.9 Å². The Hall–Kier alpha value is -3.75. The molecule has 0 aliphatic heterocycles. The lowest BCUT2D eigenvalue weighted by Crippen LogP contribution is -2.21. The lowest BCUT2D eigenvalue weighted by atomic mass is 10.1. The van der Waals surface area contributed by atoms with Gasteiger partial charge in [0.15, 0.2) is 23.9 Å². The maximum absolute atomic E-state index is 12.2. The van der Waals surface area contributed by atoms with Crippen LogP contribution in [0.2, 0.25) is 0 Å². The minimum absolute atomic E-state index is 0.0877. The van der Waals surface area contributed by atoms with Gasteiger partial charge in [-0.1, -0.05) is 0 Å². The molecule has 9 nitrogen and oxygen atoms in total. The van der Waals surface area contributed by atoms with Crippen LogP contribution in [0.1, 0.15) is 23.1 Å². The Bertz CT molecular complexity index is 1020. The van der Waals surface area contributed by atoms with Crippen LogP contribution in [0.4, 0.5) is 5.82 Å². The minimum atomic E-state index is -0.398. The van der Waals surface area contributed by atoms with Crippen LogP contribution in [0.15, 0.2) is 43.0 Å². The molecule has 3 aromatic rings. The summed E-state index contributed by atoms with van der Waals surface area (Å²) >= 11 is 0. The summed E-state index contributed by atoms with van der Waals surface area (Å²) in [6.07, 6.45) is 4.78. The summed E-state index contributed by atoms with van der Waals surface area (Å²) in [5.74, 6) is 1.94. The van der Waals surface area contributed by atoms with Crippen LogP contribution in [0.5, 0.6) is 11.5 Å². The number of nitrogens with one attached hydrogen (secondary N) is 1. The van der Waals surface area contributed by atoms with E-state index in [0.717, 1.165) is 5.82 Å². The van der Waals surface area contributed by atoms with Gasteiger partial charge in [0, 0.05) is 24.0 Å². The van der Waals surface area contributed by atoms with Gasteiger partial charge in [-0.3, -0.25) is 14.2 Å². The number of amides is 1. The second-order valence-electron chi connectivity index (χ2n) is 5.86. The van der Waals surface area contributed by atoms with Gasteiger partial charge in [0.25, 0.3) is 5.91 Å². The van der Waals surface area contributed by atoms with E-state index in [9.17, 15) is 9.59 Å². The van der Waals surface area contributed by atoms with E-state index in [-0.39, 0.29) is 12.4 Å². The highest BCUT2D eigenvalue weighted by Gasteiger charge is 2.12. The molecular weight excluding hydrogens is 362 g/mol. The number of aryl methyl sites for hydroxylation is 1. The van der Waals surface area contributed by atoms with Gasteiger partial charge in [-0.2, -0.15) is 0 Å². The maximum atomic E-state index is 12.2. The summed E-state index contributed by atoms with van der Waals surface area (Å²) in [6, 6.07) is 6.41. The highest BCUT2D eigenvalue weighted by Crippen LogP contribution is 2.28. The lowest BCUT2D eigenvalue weighted by molar-refractivity contribution is -0.118. The zero-order valence-corrected chi connectivity index (χ0v) is 15.7. The first-order valence-electron chi connectivity index (χ1n) is 8.42. The first-order valence-corrected chi connectivity index (χ1v) is 8.42. The average molecular weight is 381 g/mol. The standard InChI is InChI=1S/C19H19N5O4/c1-12(25)14-4-5-15(16(8-14)27-3)28-10-19(26)23-17-9-18(22-11-21-17)24-7-6-20-13(24)2/h4-9,11H,10H2,1-3H3,(H,21,22,23,26). The Kier molecular flexibility index (Phi) is 5.64. The summed E-state index contributed by atoms with van der Waals surface area (Å²) in [4.78, 5) is 36.0. The second kappa shape index (κ2) is 8.30. The average Bonchev–Trinajstić information content (AvgIpc) is 3.12. The number of Topliss-reactive ketones (excluding diaryl/α,β-unsaturated/α-hetero) is 1. The van der Waals surface area contributed by atoms with Crippen molar-refractivity contribution in [1.29, 1.82) is 0 Å². The molecule has 0 bridgehead atoms. The second-order valence-corrected chi connectivity index (χ2v) is 5.86. The zero-order chi connectivity index (χ0) is 20.1. The Balaban J connectivity index is 1.65. The summed E-state index contributed by atoms with van der Waals surface area (Å²) < 4.78 is 12.5. The quantitative estimate of drug-likeness (QED) is 0.625. The third-order valence-electron chi connectivity index (χ3n) is 3.92. The number of aromatic nitrogens is 4. The number of benzene rings is 1. The van der Waals surface area contributed by atoms with E-state index < -0.39 is 5.91 Å². The van der Waals surface area contributed by atoms with Crippen LogP contribution < -0.4 is 14.8 Å². The van der Waals surface area contributed by atoms with Crippen molar-refractivity contribution < 1.29 is 19.1 Å². The number of carbonyl (C=O) groups excluding carboxylic acids is 2. The molecule has 0 aliphatic carbocycles. The molecule has 0 unspecified atom stereocenters. The fourth-order valence-corrected chi connectivity index (χ4v) is 2.50. The van der Waals surface area contributed by atoms with Crippen molar-refractivity contribution in [2.24, 2.45) is 0 Å². The third kappa shape index (κ3) is 4.32. The molecule has 0 radical (unpaired) electrons. The van der Waals surface area contributed by atoms with Crippen molar-refractivity contribution in [2.75, 3.05) is 19.0 Å². The number of hydrogen-bond donors (Lipinski definition) is 1. The van der Waals surface area contributed by atoms with Crippen LogP contribution in [-0.2, 0) is 4.79 Å². The third-order valence-corrected chi connectivity index (χ3v) is 3.92. The van der Waals surface area contributed by atoms with E-state index in [4.69, 9.17) is 9.47 Å². The van der Waals surface area contributed by atoms with Gasteiger partial charge in [0.05, 0.1) is 7.11 Å². The largest absolute Gasteiger partial charge is 0.493 e. The molecule has 0 fully saturated rings. The van der Waals surface area contributed by atoms with Gasteiger partial charge in [-0.15, -0.1) is 0 Å². The first kappa shape index (κ1) is 19.0. The van der Waals surface area contributed by atoms with Crippen molar-refractivity contribution in [1.82, 2.24) is 19.5 Å². The van der Waals surface area contributed by atoms with Gasteiger partial charge < -0.3 is 14.8 Å². The SMILES string of the molecule is COc1cc(C(C)=O)ccc1OCC(=O)Nc1cc(-n2ccnc2C)ncn1. The molecule has 0 saturated heterocycles. The Labute approximate surface area is 161 Å². The number of nitrogens with zero attached hydrogens (tertiary/aromatic N) is 4. The molecule has 9 heteroatoms. The van der Waals surface area contributed by atoms with Crippen molar-refractivity contribution >= 4 is 17.5 Å². The van der Waals surface area contributed by atoms with Crippen molar-refractivity contribution in [3.8, 4) is 17.3 Å². The lowest BCUT2D eigenvalue weighted by Gasteiger charge is -2.12. The molecule has 28 heavy (non-hydrogen) atoms. The number of ether oxygens (including phenoxy) is 2. The molecule has 1 N–H and O–H groups in total. The first-order chi connectivity index (χ1) is 13.5. The Morgan fingerprint density at radius 2 is 1.96 bits per heavy atom. The fraction of sp³-hybridized carbons (Fsp3) is 0.211. The monoisotopic (exact) mass is 381 g/mol. The van der Waals surface area contributed by atoms with Gasteiger partial charge in [-0.25, -0.2) is 15.0 Å². The number of methoxy groups -OCH3 is 1. The number of rotatable bonds is 7. The number of hydrogen-bond acceptors (Lipinski definition) is 7. The minimum Gasteiger partial charge on any atom is -0.493 e. The molecule has 0 spiro atoms. The molecule has 2 aromatic heterocycles. The number of imidazole rings is 1. The predicted molar refractivity (Wildman–Crippen MR) is 101 cm³/mol. The maximum Gasteiger partial charge on any atom is 0.263 e. The van der Waals surface area contributed by atoms with Crippen molar-refractivity contribution in [3.63, 3.8) is 0 Å². The molecular formula is C19H19N5O4. The summed E-state index contributed by atoms with van der Waals surface area (Å²) in [7, 11) is 1.46. The van der Waals surface area contributed by atoms with Crippen LogP contribution in [0, 0.1) is 6.92 Å². The van der Waals surface area contributed by atoms with Gasteiger partial charge in [0.1, 0.15) is 23.8 Å². The normalized spacial score (nSPS) is 10.4. The van der Waals surface area contributed by atoms with Gasteiger partial charge in [-0.05, 0) is 32.0 Å². The van der Waals surface area contributed by atoms with Crippen molar-refractivity contribution in [2.45, 2.75) is 13.8 Å². The highest BCUT2D eigenvalue weighted by atomic mass is 16.5. The van der Waals surface area contributed by atoms with E-state index in [2.05, 4.69) is 20.3 Å². The number of anilines is 1. The molecule has 144 valence electrons. The van der Waals surface area contributed by atoms with Crippen LogP contribution in [0.25, 0.3) is 5.82 Å². The topological polar surface area (TPSA) is 108 Å². The van der Waals surface area contributed by atoms with E-state index in [1.165, 1.54) is 20.4 Å². The van der Waals surface area contributed by atoms with E-state index in [1.54, 1.807) is 41.2 Å². The summed E-state index contributed by atoms with van der Waals surface area (Å²) in [6.45, 7) is 3.06. The van der Waals surface area contributed by atoms with E-state index in [1.807, 2.05) is 6.92 Å². The van der Waals surface area contributed by atoms with E-state index >= 15 is 0 Å². The molecule has 1 amide bonds. The summed E-state index contributed by atoms with van der Waals surface area (Å²) in [5.41, 5.74) is 0.497. The van der Waals surface area contributed by atoms with Crippen LogP contribution >= 0.6 is 0 Å². The Morgan fingerprint density at radius 1 is 1.14 bits per heavy atom. The van der Waals surface area contributed by atoms with E-state index in [0.29, 0.717) is 28.7 Å². The van der Waals surface area contributed by atoms with Gasteiger partial charge in [0.2, 0.25) is 0 Å². The predicted octanol–water partition coefficient (Wildman–Crippen LogP) is 2.20. The number of ketones is 1. The summed E-state index contributed by atoms with van der Waals surface area (Å²) in [5, 5.41) is 2.66. The smallest absolute Gasteiger partial charge is 0.263 e. The Morgan fingerprint density at radius 3 is 2.64 bits per heavy atom.